The predicted molar refractivity (Wildman–Crippen MR) is 123 cm³/mol. The van der Waals surface area contributed by atoms with Gasteiger partial charge in [-0.2, -0.15) is 0 Å². The van der Waals surface area contributed by atoms with Gasteiger partial charge in [-0.1, -0.05) is 44.2 Å². The van der Waals surface area contributed by atoms with Crippen LogP contribution in [0.15, 0.2) is 48.5 Å². The van der Waals surface area contributed by atoms with E-state index >= 15 is 0 Å². The van der Waals surface area contributed by atoms with Gasteiger partial charge in [0.2, 0.25) is 5.91 Å². The number of amides is 2. The maximum atomic E-state index is 13.3. The Balaban J connectivity index is 1.83. The number of carbonyl (C=O) groups is 2. The SMILES string of the molecule is CCC(C(=O)Nc1ccc(N(C)C)c(C(=O)N2CCC(C)CC2)c1)c1ccccc1. The first-order valence-electron chi connectivity index (χ1n) is 10.9. The van der Waals surface area contributed by atoms with E-state index in [0.29, 0.717) is 23.6 Å². The van der Waals surface area contributed by atoms with Gasteiger partial charge in [0.15, 0.2) is 0 Å². The molecule has 30 heavy (non-hydrogen) atoms. The summed E-state index contributed by atoms with van der Waals surface area (Å²) in [6.45, 7) is 5.82. The van der Waals surface area contributed by atoms with Crippen LogP contribution in [0.25, 0.3) is 0 Å². The van der Waals surface area contributed by atoms with Crippen molar-refractivity contribution in [3.05, 3.63) is 59.7 Å². The third-order valence-electron chi connectivity index (χ3n) is 5.97. The van der Waals surface area contributed by atoms with Crippen molar-refractivity contribution in [2.24, 2.45) is 5.92 Å². The molecule has 0 radical (unpaired) electrons. The Morgan fingerprint density at radius 2 is 1.77 bits per heavy atom. The quantitative estimate of drug-likeness (QED) is 0.751. The van der Waals surface area contributed by atoms with Gasteiger partial charge in [-0.3, -0.25) is 9.59 Å². The Morgan fingerprint density at radius 3 is 2.37 bits per heavy atom. The minimum absolute atomic E-state index is 0.0387. The molecule has 0 aromatic heterocycles. The lowest BCUT2D eigenvalue weighted by Crippen LogP contribution is -2.38. The number of nitrogens with one attached hydrogen (secondary N) is 1. The van der Waals surface area contributed by atoms with Crippen molar-refractivity contribution < 1.29 is 9.59 Å². The fourth-order valence-corrected chi connectivity index (χ4v) is 4.04. The Morgan fingerprint density at radius 1 is 1.10 bits per heavy atom. The number of likely N-dealkylation sites (tertiary alicyclic amines) is 1. The molecule has 2 amide bonds. The molecule has 5 heteroatoms. The maximum Gasteiger partial charge on any atom is 0.256 e. The Kier molecular flexibility index (Phi) is 7.14. The van der Waals surface area contributed by atoms with E-state index in [4.69, 9.17) is 0 Å². The van der Waals surface area contributed by atoms with E-state index in [1.165, 1.54) is 0 Å². The number of piperidine rings is 1. The Labute approximate surface area is 180 Å². The standard InChI is InChI=1S/C25H33N3O2/c1-5-21(19-9-7-6-8-10-19)24(29)26-20-11-12-23(27(3)4)22(17-20)25(30)28-15-13-18(2)14-16-28/h6-12,17-18,21H,5,13-16H2,1-4H3,(H,26,29). The van der Waals surface area contributed by atoms with Crippen LogP contribution < -0.4 is 10.2 Å². The van der Waals surface area contributed by atoms with Crippen molar-refractivity contribution in [2.75, 3.05) is 37.4 Å². The van der Waals surface area contributed by atoms with Gasteiger partial charge in [-0.25, -0.2) is 0 Å². The number of rotatable bonds is 6. The normalized spacial score (nSPS) is 15.5. The molecule has 0 aliphatic carbocycles. The molecule has 1 aliphatic rings. The number of hydrogen-bond donors (Lipinski definition) is 1. The van der Waals surface area contributed by atoms with Crippen LogP contribution >= 0.6 is 0 Å². The van der Waals surface area contributed by atoms with Crippen LogP contribution in [0.2, 0.25) is 0 Å². The van der Waals surface area contributed by atoms with Gasteiger partial charge in [0.1, 0.15) is 0 Å². The molecule has 1 fully saturated rings. The molecule has 0 spiro atoms. The van der Waals surface area contributed by atoms with Crippen LogP contribution in [0, 0.1) is 5.92 Å². The van der Waals surface area contributed by atoms with Gasteiger partial charge in [0.05, 0.1) is 11.5 Å². The van der Waals surface area contributed by atoms with E-state index in [-0.39, 0.29) is 17.7 Å². The van der Waals surface area contributed by atoms with Crippen LogP contribution in [-0.2, 0) is 4.79 Å². The highest BCUT2D eigenvalue weighted by Crippen LogP contribution is 2.28. The van der Waals surface area contributed by atoms with Crippen molar-refractivity contribution in [1.82, 2.24) is 4.90 Å². The fourth-order valence-electron chi connectivity index (χ4n) is 4.04. The summed E-state index contributed by atoms with van der Waals surface area (Å²) in [6, 6.07) is 15.4. The summed E-state index contributed by atoms with van der Waals surface area (Å²) in [5.41, 5.74) is 3.17. The molecule has 0 saturated carbocycles. The predicted octanol–water partition coefficient (Wildman–Crippen LogP) is 4.76. The average molecular weight is 408 g/mol. The van der Waals surface area contributed by atoms with Crippen molar-refractivity contribution in [3.8, 4) is 0 Å². The second kappa shape index (κ2) is 9.79. The van der Waals surface area contributed by atoms with Crippen LogP contribution in [0.3, 0.4) is 0 Å². The highest BCUT2D eigenvalue weighted by atomic mass is 16.2. The molecular weight excluding hydrogens is 374 g/mol. The largest absolute Gasteiger partial charge is 0.377 e. The molecule has 1 atom stereocenters. The summed E-state index contributed by atoms with van der Waals surface area (Å²) >= 11 is 0. The van der Waals surface area contributed by atoms with Crippen LogP contribution in [0.5, 0.6) is 0 Å². The van der Waals surface area contributed by atoms with Gasteiger partial charge in [-0.05, 0) is 48.9 Å². The second-order valence-corrected chi connectivity index (χ2v) is 8.46. The number of hydrogen-bond acceptors (Lipinski definition) is 3. The zero-order chi connectivity index (χ0) is 21.7. The van der Waals surface area contributed by atoms with E-state index < -0.39 is 0 Å². The minimum atomic E-state index is -0.220. The maximum absolute atomic E-state index is 13.3. The lowest BCUT2D eigenvalue weighted by atomic mass is 9.95. The van der Waals surface area contributed by atoms with Gasteiger partial charge in [0, 0.05) is 38.6 Å². The summed E-state index contributed by atoms with van der Waals surface area (Å²) in [7, 11) is 3.87. The minimum Gasteiger partial charge on any atom is -0.377 e. The lowest BCUT2D eigenvalue weighted by molar-refractivity contribution is -0.117. The van der Waals surface area contributed by atoms with Crippen molar-refractivity contribution in [1.29, 1.82) is 0 Å². The van der Waals surface area contributed by atoms with Gasteiger partial charge in [0.25, 0.3) is 5.91 Å². The molecule has 1 N–H and O–H groups in total. The number of benzene rings is 2. The summed E-state index contributed by atoms with van der Waals surface area (Å²) in [5, 5.41) is 3.03. The first kappa shape index (κ1) is 21.9. The molecule has 1 aliphatic heterocycles. The van der Waals surface area contributed by atoms with Crippen molar-refractivity contribution in [2.45, 2.75) is 39.0 Å². The molecule has 1 unspecified atom stereocenters. The summed E-state index contributed by atoms with van der Waals surface area (Å²) < 4.78 is 0. The lowest BCUT2D eigenvalue weighted by Gasteiger charge is -2.31. The van der Waals surface area contributed by atoms with Crippen LogP contribution in [0.1, 0.15) is 54.9 Å². The van der Waals surface area contributed by atoms with E-state index in [1.54, 1.807) is 0 Å². The fraction of sp³-hybridized carbons (Fsp3) is 0.440. The average Bonchev–Trinajstić information content (AvgIpc) is 2.75. The molecule has 0 bridgehead atoms. The summed E-state index contributed by atoms with van der Waals surface area (Å²) in [5.74, 6) is 0.433. The number of nitrogens with zero attached hydrogens (tertiary/aromatic N) is 2. The number of anilines is 2. The molecular formula is C25H33N3O2. The van der Waals surface area contributed by atoms with E-state index in [9.17, 15) is 9.59 Å². The topological polar surface area (TPSA) is 52.7 Å². The zero-order valence-corrected chi connectivity index (χ0v) is 18.5. The molecule has 2 aromatic rings. The van der Waals surface area contributed by atoms with Crippen LogP contribution in [-0.4, -0.2) is 43.9 Å². The first-order valence-corrected chi connectivity index (χ1v) is 10.9. The smallest absolute Gasteiger partial charge is 0.256 e. The monoisotopic (exact) mass is 407 g/mol. The van der Waals surface area contributed by atoms with Gasteiger partial charge >= 0.3 is 0 Å². The second-order valence-electron chi connectivity index (χ2n) is 8.46. The molecule has 1 heterocycles. The van der Waals surface area contributed by atoms with E-state index in [1.807, 2.05) is 79.3 Å². The van der Waals surface area contributed by atoms with E-state index in [2.05, 4.69) is 12.2 Å². The number of carbonyl (C=O) groups excluding carboxylic acids is 2. The van der Waals surface area contributed by atoms with Gasteiger partial charge < -0.3 is 15.1 Å². The highest BCUT2D eigenvalue weighted by Gasteiger charge is 2.25. The zero-order valence-electron chi connectivity index (χ0n) is 18.5. The van der Waals surface area contributed by atoms with Crippen LogP contribution in [0.4, 0.5) is 11.4 Å². The third-order valence-corrected chi connectivity index (χ3v) is 5.97. The summed E-state index contributed by atoms with van der Waals surface area (Å²) in [6.07, 6.45) is 2.78. The summed E-state index contributed by atoms with van der Waals surface area (Å²) in [4.78, 5) is 30.1. The van der Waals surface area contributed by atoms with Crippen molar-refractivity contribution in [3.63, 3.8) is 0 Å². The Hall–Kier alpha value is -2.82. The molecule has 2 aromatic carbocycles. The molecule has 3 rings (SSSR count). The first-order chi connectivity index (χ1) is 14.4. The third kappa shape index (κ3) is 5.02. The van der Waals surface area contributed by atoms with Crippen molar-refractivity contribution >= 4 is 23.2 Å². The van der Waals surface area contributed by atoms with Gasteiger partial charge in [-0.15, -0.1) is 0 Å². The molecule has 160 valence electrons. The Bertz CT molecular complexity index is 871. The highest BCUT2D eigenvalue weighted by molar-refractivity contribution is 6.02. The van der Waals surface area contributed by atoms with E-state index in [0.717, 1.165) is 37.2 Å². The molecule has 5 nitrogen and oxygen atoms in total. The molecule has 1 saturated heterocycles.